The number of nitrogens with two attached hydrogens (primary N) is 1. The van der Waals surface area contributed by atoms with Gasteiger partial charge in [-0.3, -0.25) is 4.79 Å². The van der Waals surface area contributed by atoms with Crippen LogP contribution >= 0.6 is 0 Å². The summed E-state index contributed by atoms with van der Waals surface area (Å²) in [6.07, 6.45) is 0. The number of nitrogens with one attached hydrogen (secondary N) is 1. The predicted octanol–water partition coefficient (Wildman–Crippen LogP) is 0.688. The van der Waals surface area contributed by atoms with Gasteiger partial charge in [-0.05, 0) is 37.6 Å². The van der Waals surface area contributed by atoms with Crippen molar-refractivity contribution in [2.45, 2.75) is 19.9 Å². The minimum atomic E-state index is -0.240. The van der Waals surface area contributed by atoms with Gasteiger partial charge < -0.3 is 16.2 Å². The smallest absolute Gasteiger partial charge is 0.251 e. The molecule has 15 heavy (non-hydrogen) atoms. The van der Waals surface area contributed by atoms with Crippen molar-refractivity contribution in [2.24, 2.45) is 0 Å². The van der Waals surface area contributed by atoms with Crippen LogP contribution in [-0.4, -0.2) is 23.7 Å². The van der Waals surface area contributed by atoms with E-state index >= 15 is 0 Å². The predicted molar refractivity (Wildman–Crippen MR) is 59.6 cm³/mol. The fourth-order valence-corrected chi connectivity index (χ4v) is 1.17. The fourth-order valence-electron chi connectivity index (χ4n) is 1.17. The summed E-state index contributed by atoms with van der Waals surface area (Å²) in [5, 5.41) is 11.5. The molecule has 1 aromatic rings. The number of aliphatic hydroxyl groups excluding tert-OH is 1. The van der Waals surface area contributed by atoms with Crippen LogP contribution in [0, 0.1) is 6.92 Å². The minimum absolute atomic E-state index is 0.0697. The topological polar surface area (TPSA) is 75.3 Å². The first kappa shape index (κ1) is 11.5. The molecule has 0 radical (unpaired) electrons. The molecule has 0 fully saturated rings. The Hall–Kier alpha value is -1.55. The molecule has 4 nitrogen and oxygen atoms in total. The molecule has 82 valence electrons. The van der Waals surface area contributed by atoms with E-state index in [0.717, 1.165) is 5.56 Å². The highest BCUT2D eigenvalue weighted by atomic mass is 16.3. The molecule has 1 aromatic carbocycles. The summed E-state index contributed by atoms with van der Waals surface area (Å²) >= 11 is 0. The van der Waals surface area contributed by atoms with Gasteiger partial charge in [-0.25, -0.2) is 0 Å². The van der Waals surface area contributed by atoms with Gasteiger partial charge in [0.05, 0.1) is 6.61 Å². The average Bonchev–Trinajstić information content (AvgIpc) is 2.21. The van der Waals surface area contributed by atoms with Crippen molar-refractivity contribution in [1.82, 2.24) is 5.32 Å². The van der Waals surface area contributed by atoms with Crippen LogP contribution in [0.3, 0.4) is 0 Å². The molecule has 1 atom stereocenters. The van der Waals surface area contributed by atoms with E-state index in [9.17, 15) is 4.79 Å². The van der Waals surface area contributed by atoms with Crippen LogP contribution in [0.1, 0.15) is 22.8 Å². The van der Waals surface area contributed by atoms with Crippen molar-refractivity contribution in [3.8, 4) is 0 Å². The highest BCUT2D eigenvalue weighted by Crippen LogP contribution is 2.12. The van der Waals surface area contributed by atoms with Crippen LogP contribution in [0.25, 0.3) is 0 Å². The lowest BCUT2D eigenvalue weighted by molar-refractivity contribution is 0.0922. The average molecular weight is 208 g/mol. The molecule has 0 saturated carbocycles. The number of benzene rings is 1. The molecular weight excluding hydrogens is 192 g/mol. The van der Waals surface area contributed by atoms with Gasteiger partial charge in [-0.2, -0.15) is 0 Å². The van der Waals surface area contributed by atoms with Gasteiger partial charge in [-0.1, -0.05) is 0 Å². The van der Waals surface area contributed by atoms with Gasteiger partial charge in [-0.15, -0.1) is 0 Å². The molecule has 0 aliphatic carbocycles. The van der Waals surface area contributed by atoms with E-state index in [0.29, 0.717) is 11.3 Å². The van der Waals surface area contributed by atoms with Crippen molar-refractivity contribution >= 4 is 11.6 Å². The van der Waals surface area contributed by atoms with E-state index in [1.165, 1.54) is 0 Å². The van der Waals surface area contributed by atoms with Gasteiger partial charge in [0.15, 0.2) is 0 Å². The van der Waals surface area contributed by atoms with Crippen LogP contribution < -0.4 is 11.1 Å². The molecule has 0 bridgehead atoms. The van der Waals surface area contributed by atoms with Crippen LogP contribution in [0.4, 0.5) is 5.69 Å². The summed E-state index contributed by atoms with van der Waals surface area (Å²) in [6.45, 7) is 3.52. The third-order valence-electron chi connectivity index (χ3n) is 2.18. The Morgan fingerprint density at radius 2 is 2.27 bits per heavy atom. The number of aryl methyl sites for hydroxylation is 1. The Balaban J connectivity index is 2.78. The molecule has 0 spiro atoms. The van der Waals surface area contributed by atoms with Crippen LogP contribution in [0.15, 0.2) is 18.2 Å². The molecule has 0 aromatic heterocycles. The quantitative estimate of drug-likeness (QED) is 0.640. The van der Waals surface area contributed by atoms with E-state index in [-0.39, 0.29) is 18.6 Å². The maximum atomic E-state index is 11.6. The largest absolute Gasteiger partial charge is 0.399 e. The Kier molecular flexibility index (Phi) is 3.68. The van der Waals surface area contributed by atoms with Crippen molar-refractivity contribution in [2.75, 3.05) is 12.3 Å². The molecule has 0 aliphatic rings. The molecule has 4 heteroatoms. The van der Waals surface area contributed by atoms with E-state index in [2.05, 4.69) is 5.32 Å². The molecule has 1 amide bonds. The number of rotatable bonds is 3. The lowest BCUT2D eigenvalue weighted by Crippen LogP contribution is -2.35. The first-order valence-electron chi connectivity index (χ1n) is 4.82. The molecule has 4 N–H and O–H groups in total. The molecule has 1 rings (SSSR count). The van der Waals surface area contributed by atoms with Crippen molar-refractivity contribution in [3.05, 3.63) is 29.3 Å². The molecule has 0 unspecified atom stereocenters. The lowest BCUT2D eigenvalue weighted by Gasteiger charge is -2.11. The number of hydrogen-bond acceptors (Lipinski definition) is 3. The number of carbonyl (C=O) groups is 1. The zero-order valence-corrected chi connectivity index (χ0v) is 8.95. The Labute approximate surface area is 89.1 Å². The minimum Gasteiger partial charge on any atom is -0.399 e. The van der Waals surface area contributed by atoms with Crippen LogP contribution in [-0.2, 0) is 0 Å². The van der Waals surface area contributed by atoms with Gasteiger partial charge in [0.25, 0.3) is 5.91 Å². The second-order valence-corrected chi connectivity index (χ2v) is 3.63. The first-order chi connectivity index (χ1) is 7.04. The second-order valence-electron chi connectivity index (χ2n) is 3.63. The summed E-state index contributed by atoms with van der Waals surface area (Å²) in [7, 11) is 0. The Morgan fingerprint density at radius 1 is 1.60 bits per heavy atom. The van der Waals surface area contributed by atoms with Gasteiger partial charge in [0.2, 0.25) is 0 Å². The van der Waals surface area contributed by atoms with Gasteiger partial charge in [0.1, 0.15) is 0 Å². The zero-order chi connectivity index (χ0) is 11.4. The standard InChI is InChI=1S/C11H16N2O2/c1-7-5-9(3-4-10(7)12)11(15)13-8(2)6-14/h3-5,8,14H,6,12H2,1-2H3,(H,13,15)/t8-/m1/s1. The second kappa shape index (κ2) is 4.79. The summed E-state index contributed by atoms with van der Waals surface area (Å²) in [5.41, 5.74) is 7.74. The molecule has 0 aliphatic heterocycles. The highest BCUT2D eigenvalue weighted by Gasteiger charge is 2.09. The zero-order valence-electron chi connectivity index (χ0n) is 8.95. The van der Waals surface area contributed by atoms with E-state index < -0.39 is 0 Å². The van der Waals surface area contributed by atoms with Crippen molar-refractivity contribution in [1.29, 1.82) is 0 Å². The number of hydrogen-bond donors (Lipinski definition) is 3. The summed E-state index contributed by atoms with van der Waals surface area (Å²) in [6, 6.07) is 4.86. The third-order valence-corrected chi connectivity index (χ3v) is 2.18. The number of anilines is 1. The number of amides is 1. The molecule has 0 saturated heterocycles. The summed E-state index contributed by atoms with van der Waals surface area (Å²) in [4.78, 5) is 11.6. The van der Waals surface area contributed by atoms with Crippen molar-refractivity contribution in [3.63, 3.8) is 0 Å². The lowest BCUT2D eigenvalue weighted by atomic mass is 10.1. The van der Waals surface area contributed by atoms with E-state index in [1.54, 1.807) is 25.1 Å². The molecular formula is C11H16N2O2. The molecule has 0 heterocycles. The number of nitrogen functional groups attached to an aromatic ring is 1. The van der Waals surface area contributed by atoms with Crippen LogP contribution in [0.2, 0.25) is 0 Å². The van der Waals surface area contributed by atoms with Gasteiger partial charge >= 0.3 is 0 Å². The van der Waals surface area contributed by atoms with Gasteiger partial charge in [0, 0.05) is 17.3 Å². The highest BCUT2D eigenvalue weighted by molar-refractivity contribution is 5.95. The SMILES string of the molecule is Cc1cc(C(=O)N[C@H](C)CO)ccc1N. The first-order valence-corrected chi connectivity index (χ1v) is 4.82. The normalized spacial score (nSPS) is 12.2. The maximum absolute atomic E-state index is 11.6. The fraction of sp³-hybridized carbons (Fsp3) is 0.364. The maximum Gasteiger partial charge on any atom is 0.251 e. The van der Waals surface area contributed by atoms with E-state index in [4.69, 9.17) is 10.8 Å². The number of aliphatic hydroxyl groups is 1. The van der Waals surface area contributed by atoms with Crippen molar-refractivity contribution < 1.29 is 9.90 Å². The number of carbonyl (C=O) groups excluding carboxylic acids is 1. The summed E-state index contributed by atoms with van der Waals surface area (Å²) < 4.78 is 0. The monoisotopic (exact) mass is 208 g/mol. The summed E-state index contributed by atoms with van der Waals surface area (Å²) in [5.74, 6) is -0.195. The Bertz CT molecular complexity index is 364. The van der Waals surface area contributed by atoms with Crippen LogP contribution in [0.5, 0.6) is 0 Å². The Morgan fingerprint density at radius 3 is 2.80 bits per heavy atom. The third kappa shape index (κ3) is 2.95. The van der Waals surface area contributed by atoms with E-state index in [1.807, 2.05) is 6.92 Å².